The Labute approximate surface area is 192 Å². The Kier molecular flexibility index (Phi) is 6.61. The van der Waals surface area contributed by atoms with Crippen LogP contribution in [0.25, 0.3) is 0 Å². The van der Waals surface area contributed by atoms with Crippen LogP contribution in [0.5, 0.6) is 0 Å². The van der Waals surface area contributed by atoms with Crippen molar-refractivity contribution in [3.05, 3.63) is 86.4 Å². The van der Waals surface area contributed by atoms with E-state index in [9.17, 15) is 24.5 Å². The highest BCUT2D eigenvalue weighted by Gasteiger charge is 2.48. The van der Waals surface area contributed by atoms with Gasteiger partial charge in [-0.2, -0.15) is 0 Å². The zero-order valence-corrected chi connectivity index (χ0v) is 18.4. The standard InChI is InChI=1S/C22H18N2O6S2/c25-18-12-19-23(18)20(21(26)30-13-14-6-8-16(9-7-14)24(28)29)17(32-19)10-11-31-22(27)15-4-2-1-3-5-15/h1-9,19H,10-13H2. The minimum atomic E-state index is -0.610. The number of nitro groups is 1. The van der Waals surface area contributed by atoms with Gasteiger partial charge in [-0.15, -0.1) is 11.8 Å². The predicted octanol–water partition coefficient (Wildman–Crippen LogP) is 4.12. The van der Waals surface area contributed by atoms with Crippen molar-refractivity contribution in [2.24, 2.45) is 0 Å². The van der Waals surface area contributed by atoms with Gasteiger partial charge in [-0.25, -0.2) is 4.79 Å². The summed E-state index contributed by atoms with van der Waals surface area (Å²) in [6, 6.07) is 14.7. The second kappa shape index (κ2) is 9.58. The first-order valence-electron chi connectivity index (χ1n) is 9.78. The third-order valence-electron chi connectivity index (χ3n) is 4.97. The number of esters is 1. The van der Waals surface area contributed by atoms with Crippen molar-refractivity contribution in [1.82, 2.24) is 4.90 Å². The van der Waals surface area contributed by atoms with Crippen molar-refractivity contribution in [2.45, 2.75) is 24.8 Å². The highest BCUT2D eigenvalue weighted by atomic mass is 32.2. The molecular weight excluding hydrogens is 452 g/mol. The third kappa shape index (κ3) is 4.71. The minimum Gasteiger partial charge on any atom is -0.456 e. The molecule has 2 aromatic carbocycles. The number of fused-ring (bicyclic) bond motifs is 1. The summed E-state index contributed by atoms with van der Waals surface area (Å²) >= 11 is 2.63. The summed E-state index contributed by atoms with van der Waals surface area (Å²) in [5, 5.41) is 10.6. The SMILES string of the molecule is O=C(OCc1ccc([N+](=O)[O-])cc1)C1=C(CCSC(=O)c2ccccc2)SC2CC(=O)N12. The van der Waals surface area contributed by atoms with Crippen molar-refractivity contribution in [1.29, 1.82) is 0 Å². The lowest BCUT2D eigenvalue weighted by Crippen LogP contribution is -2.48. The number of benzene rings is 2. The molecule has 2 aliphatic heterocycles. The van der Waals surface area contributed by atoms with E-state index in [0.717, 1.165) is 4.91 Å². The number of nitrogens with zero attached hydrogens (tertiary/aromatic N) is 2. The van der Waals surface area contributed by atoms with E-state index in [0.29, 0.717) is 29.7 Å². The Morgan fingerprint density at radius 2 is 1.88 bits per heavy atom. The topological polar surface area (TPSA) is 107 Å². The van der Waals surface area contributed by atoms with E-state index in [4.69, 9.17) is 4.74 Å². The Bertz CT molecular complexity index is 1100. The van der Waals surface area contributed by atoms with Crippen molar-refractivity contribution >= 4 is 46.2 Å². The fourth-order valence-corrected chi connectivity index (χ4v) is 5.64. The Morgan fingerprint density at radius 3 is 2.53 bits per heavy atom. The maximum atomic E-state index is 12.8. The molecule has 0 spiro atoms. The van der Waals surface area contributed by atoms with Gasteiger partial charge >= 0.3 is 5.97 Å². The molecule has 2 aliphatic rings. The molecule has 0 radical (unpaired) electrons. The lowest BCUT2D eigenvalue weighted by atomic mass is 10.1. The number of carbonyl (C=O) groups excluding carboxylic acids is 3. The molecule has 164 valence electrons. The van der Waals surface area contributed by atoms with E-state index in [1.54, 1.807) is 24.3 Å². The van der Waals surface area contributed by atoms with E-state index in [1.807, 2.05) is 6.07 Å². The van der Waals surface area contributed by atoms with Gasteiger partial charge in [0.2, 0.25) is 11.0 Å². The quantitative estimate of drug-likeness (QED) is 0.245. The van der Waals surface area contributed by atoms with E-state index in [1.165, 1.54) is 52.7 Å². The Hall–Kier alpha value is -3.11. The largest absolute Gasteiger partial charge is 0.456 e. The monoisotopic (exact) mass is 470 g/mol. The van der Waals surface area contributed by atoms with Gasteiger partial charge in [-0.05, 0) is 24.1 Å². The maximum Gasteiger partial charge on any atom is 0.356 e. The molecule has 4 rings (SSSR count). The highest BCUT2D eigenvalue weighted by Crippen LogP contribution is 2.48. The molecule has 10 heteroatoms. The summed E-state index contributed by atoms with van der Waals surface area (Å²) in [6.45, 7) is -0.0633. The van der Waals surface area contributed by atoms with Crippen LogP contribution in [0.3, 0.4) is 0 Å². The zero-order valence-electron chi connectivity index (χ0n) is 16.8. The van der Waals surface area contributed by atoms with Crippen LogP contribution < -0.4 is 0 Å². The molecule has 8 nitrogen and oxygen atoms in total. The molecule has 2 heterocycles. The molecule has 1 amide bonds. The number of amides is 1. The summed E-state index contributed by atoms with van der Waals surface area (Å²) in [5.74, 6) is -0.266. The predicted molar refractivity (Wildman–Crippen MR) is 121 cm³/mol. The molecule has 0 aliphatic carbocycles. The number of ether oxygens (including phenoxy) is 1. The second-order valence-electron chi connectivity index (χ2n) is 7.06. The van der Waals surface area contributed by atoms with E-state index < -0.39 is 10.9 Å². The van der Waals surface area contributed by atoms with Gasteiger partial charge in [0.1, 0.15) is 12.3 Å². The fraction of sp³-hybridized carbons (Fsp3) is 0.227. The molecule has 2 aromatic rings. The first kappa shape index (κ1) is 22.1. The molecule has 1 saturated heterocycles. The van der Waals surface area contributed by atoms with Crippen LogP contribution in [0.15, 0.2) is 65.2 Å². The molecule has 0 bridgehead atoms. The van der Waals surface area contributed by atoms with Crippen molar-refractivity contribution in [3.8, 4) is 0 Å². The fourth-order valence-electron chi connectivity index (χ4n) is 3.32. The molecular formula is C22H18N2O6S2. The number of non-ortho nitro benzene ring substituents is 1. The zero-order chi connectivity index (χ0) is 22.7. The van der Waals surface area contributed by atoms with E-state index >= 15 is 0 Å². The van der Waals surface area contributed by atoms with Gasteiger partial charge in [0.25, 0.3) is 5.69 Å². The molecule has 1 fully saturated rings. The number of carbonyl (C=O) groups is 3. The van der Waals surface area contributed by atoms with E-state index in [2.05, 4.69) is 0 Å². The van der Waals surface area contributed by atoms with Crippen LogP contribution in [-0.2, 0) is 20.9 Å². The molecule has 0 saturated carbocycles. The van der Waals surface area contributed by atoms with Crippen LogP contribution in [0, 0.1) is 10.1 Å². The molecule has 1 atom stereocenters. The van der Waals surface area contributed by atoms with Crippen LogP contribution in [0.2, 0.25) is 0 Å². The lowest BCUT2D eigenvalue weighted by Gasteiger charge is -2.34. The number of hydrogen-bond acceptors (Lipinski definition) is 8. The van der Waals surface area contributed by atoms with Gasteiger partial charge in [-0.1, -0.05) is 42.1 Å². The van der Waals surface area contributed by atoms with Crippen LogP contribution in [0.4, 0.5) is 5.69 Å². The average molecular weight is 471 g/mol. The second-order valence-corrected chi connectivity index (χ2v) is 9.40. The van der Waals surface area contributed by atoms with Crippen LogP contribution in [-0.4, -0.2) is 37.9 Å². The summed E-state index contributed by atoms with van der Waals surface area (Å²) in [7, 11) is 0. The van der Waals surface area contributed by atoms with Gasteiger partial charge in [0.15, 0.2) is 0 Å². The highest BCUT2D eigenvalue weighted by molar-refractivity contribution is 8.14. The molecule has 1 unspecified atom stereocenters. The molecule has 0 N–H and O–H groups in total. The number of β-lactam (4-membered cyclic amide) rings is 1. The number of nitro benzene ring substituents is 1. The van der Waals surface area contributed by atoms with Crippen molar-refractivity contribution < 1.29 is 24.0 Å². The summed E-state index contributed by atoms with van der Waals surface area (Å²) < 4.78 is 5.39. The van der Waals surface area contributed by atoms with Crippen molar-refractivity contribution in [2.75, 3.05) is 5.75 Å². The molecule has 32 heavy (non-hydrogen) atoms. The smallest absolute Gasteiger partial charge is 0.356 e. The molecule has 0 aromatic heterocycles. The van der Waals surface area contributed by atoms with Crippen LogP contribution in [0.1, 0.15) is 28.8 Å². The van der Waals surface area contributed by atoms with E-state index in [-0.39, 0.29) is 34.4 Å². The Morgan fingerprint density at radius 1 is 1.16 bits per heavy atom. The first-order valence-corrected chi connectivity index (χ1v) is 11.6. The summed E-state index contributed by atoms with van der Waals surface area (Å²) in [5.41, 5.74) is 1.42. The maximum absolute atomic E-state index is 12.8. The lowest BCUT2D eigenvalue weighted by molar-refractivity contribution is -0.384. The summed E-state index contributed by atoms with van der Waals surface area (Å²) in [6.07, 6.45) is 0.833. The van der Waals surface area contributed by atoms with Crippen LogP contribution >= 0.6 is 23.5 Å². The van der Waals surface area contributed by atoms with Gasteiger partial charge in [-0.3, -0.25) is 24.6 Å². The third-order valence-corrected chi connectivity index (χ3v) is 7.21. The first-order chi connectivity index (χ1) is 15.4. The summed E-state index contributed by atoms with van der Waals surface area (Å²) in [4.78, 5) is 49.6. The van der Waals surface area contributed by atoms with Gasteiger partial charge in [0, 0.05) is 28.4 Å². The van der Waals surface area contributed by atoms with Gasteiger partial charge < -0.3 is 4.74 Å². The normalized spacial score (nSPS) is 17.1. The number of allylic oxidation sites excluding steroid dienone is 1. The minimum absolute atomic E-state index is 0.0455. The van der Waals surface area contributed by atoms with Crippen molar-refractivity contribution in [3.63, 3.8) is 0 Å². The number of thioether (sulfide) groups is 2. The average Bonchev–Trinajstić information content (AvgIpc) is 3.10. The number of hydrogen-bond donors (Lipinski definition) is 0. The van der Waals surface area contributed by atoms with Gasteiger partial charge in [0.05, 0.1) is 16.7 Å². The Balaban J connectivity index is 1.39. The number of rotatable bonds is 8.